The molecule has 2 aromatic heterocycles. The number of anilines is 2. The lowest BCUT2D eigenvalue weighted by Gasteiger charge is -2.09. The van der Waals surface area contributed by atoms with Crippen LogP contribution in [0.4, 0.5) is 11.5 Å². The molecule has 24 heavy (non-hydrogen) atoms. The first-order valence-corrected chi connectivity index (χ1v) is 8.71. The summed E-state index contributed by atoms with van der Waals surface area (Å²) >= 11 is 0. The van der Waals surface area contributed by atoms with Crippen LogP contribution < -0.4 is 16.2 Å². The Balaban J connectivity index is 1.71. The van der Waals surface area contributed by atoms with Crippen LogP contribution in [0.3, 0.4) is 0 Å². The summed E-state index contributed by atoms with van der Waals surface area (Å²) in [6.45, 7) is 0.615. The molecule has 0 aliphatic rings. The molecule has 124 valence electrons. The maximum absolute atomic E-state index is 11.2. The number of hydrogen-bond acceptors (Lipinski definition) is 7. The number of primary sulfonamides is 1. The van der Waals surface area contributed by atoms with E-state index in [1.54, 1.807) is 30.6 Å². The summed E-state index contributed by atoms with van der Waals surface area (Å²) in [5, 5.41) is 8.34. The SMILES string of the molecule is Nc1cc(NCCc2ccc(S(N)(=O)=O)cc2)c2nccnc2n1. The number of nitrogens with two attached hydrogens (primary N) is 2. The second-order valence-corrected chi connectivity index (χ2v) is 6.75. The third kappa shape index (κ3) is 3.58. The van der Waals surface area contributed by atoms with Gasteiger partial charge in [-0.25, -0.2) is 28.5 Å². The number of aromatic nitrogens is 3. The molecule has 2 heterocycles. The molecular weight excluding hydrogens is 328 g/mol. The molecule has 5 N–H and O–H groups in total. The molecule has 3 rings (SSSR count). The summed E-state index contributed by atoms with van der Waals surface area (Å²) in [4.78, 5) is 12.6. The molecular formula is C15H16N6O2S. The number of rotatable bonds is 5. The van der Waals surface area contributed by atoms with Gasteiger partial charge in [-0.05, 0) is 24.1 Å². The van der Waals surface area contributed by atoms with Gasteiger partial charge in [0, 0.05) is 25.0 Å². The lowest BCUT2D eigenvalue weighted by Crippen LogP contribution is -2.12. The largest absolute Gasteiger partial charge is 0.384 e. The van der Waals surface area contributed by atoms with Crippen molar-refractivity contribution < 1.29 is 8.42 Å². The Morgan fingerprint density at radius 1 is 1.08 bits per heavy atom. The van der Waals surface area contributed by atoms with E-state index in [-0.39, 0.29) is 4.90 Å². The van der Waals surface area contributed by atoms with E-state index < -0.39 is 10.0 Å². The van der Waals surface area contributed by atoms with E-state index in [2.05, 4.69) is 20.3 Å². The highest BCUT2D eigenvalue weighted by Crippen LogP contribution is 2.20. The minimum atomic E-state index is -3.66. The van der Waals surface area contributed by atoms with E-state index in [1.807, 2.05) is 0 Å². The number of nitrogens with zero attached hydrogens (tertiary/aromatic N) is 3. The van der Waals surface area contributed by atoms with E-state index in [4.69, 9.17) is 10.9 Å². The second kappa shape index (κ2) is 6.38. The average molecular weight is 344 g/mol. The summed E-state index contributed by atoms with van der Waals surface area (Å²) in [5.41, 5.74) is 8.65. The molecule has 0 atom stereocenters. The fourth-order valence-electron chi connectivity index (χ4n) is 2.30. The normalized spacial score (nSPS) is 11.5. The molecule has 0 bridgehead atoms. The van der Waals surface area contributed by atoms with E-state index >= 15 is 0 Å². The van der Waals surface area contributed by atoms with Crippen molar-refractivity contribution in [2.24, 2.45) is 5.14 Å². The van der Waals surface area contributed by atoms with Gasteiger partial charge in [0.2, 0.25) is 10.0 Å². The van der Waals surface area contributed by atoms with Crippen molar-refractivity contribution in [1.82, 2.24) is 15.0 Å². The Morgan fingerprint density at radius 2 is 1.79 bits per heavy atom. The first-order valence-electron chi connectivity index (χ1n) is 7.16. The fraction of sp³-hybridized carbons (Fsp3) is 0.133. The van der Waals surface area contributed by atoms with Crippen LogP contribution in [-0.4, -0.2) is 29.9 Å². The van der Waals surface area contributed by atoms with Crippen molar-refractivity contribution in [2.75, 3.05) is 17.6 Å². The van der Waals surface area contributed by atoms with Gasteiger partial charge < -0.3 is 11.1 Å². The molecule has 0 aliphatic heterocycles. The van der Waals surface area contributed by atoms with Gasteiger partial charge in [-0.2, -0.15) is 0 Å². The van der Waals surface area contributed by atoms with Gasteiger partial charge in [0.1, 0.15) is 11.3 Å². The van der Waals surface area contributed by atoms with Crippen molar-refractivity contribution in [2.45, 2.75) is 11.3 Å². The van der Waals surface area contributed by atoms with Gasteiger partial charge in [-0.3, -0.25) is 0 Å². The lowest BCUT2D eigenvalue weighted by atomic mass is 10.1. The highest BCUT2D eigenvalue weighted by molar-refractivity contribution is 7.89. The standard InChI is InChI=1S/C15H16N6O2S/c16-13-9-12(14-15(21-13)20-8-7-19-14)18-6-5-10-1-3-11(4-2-10)24(17,22)23/h1-4,7-9H,5-6H2,(H2,17,22,23)(H3,16,18,20,21). The average Bonchev–Trinajstić information content (AvgIpc) is 2.54. The molecule has 0 radical (unpaired) electrons. The number of hydrogen-bond donors (Lipinski definition) is 3. The molecule has 0 fully saturated rings. The summed E-state index contributed by atoms with van der Waals surface area (Å²) < 4.78 is 22.5. The first-order chi connectivity index (χ1) is 11.4. The summed E-state index contributed by atoms with van der Waals surface area (Å²) in [5.74, 6) is 0.364. The number of nitrogen functional groups attached to an aromatic ring is 1. The van der Waals surface area contributed by atoms with Crippen LogP contribution in [0.15, 0.2) is 47.6 Å². The van der Waals surface area contributed by atoms with Gasteiger partial charge in [0.05, 0.1) is 10.6 Å². The van der Waals surface area contributed by atoms with E-state index in [9.17, 15) is 8.42 Å². The second-order valence-electron chi connectivity index (χ2n) is 5.19. The topological polar surface area (TPSA) is 137 Å². The number of pyridine rings is 1. The maximum atomic E-state index is 11.2. The van der Waals surface area contributed by atoms with Crippen LogP contribution in [0.2, 0.25) is 0 Å². The molecule has 0 saturated carbocycles. The predicted octanol–water partition coefficient (Wildman–Crippen LogP) is 0.909. The monoisotopic (exact) mass is 344 g/mol. The molecule has 0 aliphatic carbocycles. The minimum Gasteiger partial charge on any atom is -0.384 e. The summed E-state index contributed by atoms with van der Waals surface area (Å²) in [7, 11) is -3.66. The highest BCUT2D eigenvalue weighted by atomic mass is 32.2. The van der Waals surface area contributed by atoms with Crippen LogP contribution in [0.5, 0.6) is 0 Å². The Morgan fingerprint density at radius 3 is 2.50 bits per heavy atom. The van der Waals surface area contributed by atoms with Crippen molar-refractivity contribution >= 4 is 32.7 Å². The van der Waals surface area contributed by atoms with Crippen LogP contribution in [0, 0.1) is 0 Å². The minimum absolute atomic E-state index is 0.0994. The van der Waals surface area contributed by atoms with Crippen molar-refractivity contribution in [3.63, 3.8) is 0 Å². The van der Waals surface area contributed by atoms with E-state index in [0.717, 1.165) is 11.3 Å². The molecule has 9 heteroatoms. The highest BCUT2D eigenvalue weighted by Gasteiger charge is 2.08. The molecule has 0 amide bonds. The summed E-state index contributed by atoms with van der Waals surface area (Å²) in [6, 6.07) is 8.17. The van der Waals surface area contributed by atoms with Crippen LogP contribution >= 0.6 is 0 Å². The Kier molecular flexibility index (Phi) is 4.28. The van der Waals surface area contributed by atoms with Crippen molar-refractivity contribution in [3.05, 3.63) is 48.3 Å². The zero-order valence-electron chi connectivity index (χ0n) is 12.7. The molecule has 8 nitrogen and oxygen atoms in total. The lowest BCUT2D eigenvalue weighted by molar-refractivity contribution is 0.598. The van der Waals surface area contributed by atoms with Gasteiger partial charge >= 0.3 is 0 Å². The Hall–Kier alpha value is -2.78. The number of nitrogens with one attached hydrogen (secondary N) is 1. The third-order valence-electron chi connectivity index (χ3n) is 3.44. The van der Waals surface area contributed by atoms with E-state index in [0.29, 0.717) is 29.9 Å². The fourth-order valence-corrected chi connectivity index (χ4v) is 2.81. The zero-order valence-corrected chi connectivity index (χ0v) is 13.5. The zero-order chi connectivity index (χ0) is 17.2. The summed E-state index contributed by atoms with van der Waals surface area (Å²) in [6.07, 6.45) is 3.85. The smallest absolute Gasteiger partial charge is 0.238 e. The third-order valence-corrected chi connectivity index (χ3v) is 4.37. The van der Waals surface area contributed by atoms with Gasteiger partial charge in [-0.15, -0.1) is 0 Å². The van der Waals surface area contributed by atoms with E-state index in [1.165, 1.54) is 12.1 Å². The number of sulfonamides is 1. The maximum Gasteiger partial charge on any atom is 0.238 e. The number of benzene rings is 1. The van der Waals surface area contributed by atoms with Crippen molar-refractivity contribution in [1.29, 1.82) is 0 Å². The quantitative estimate of drug-likeness (QED) is 0.625. The molecule has 0 spiro atoms. The predicted molar refractivity (Wildman–Crippen MR) is 91.8 cm³/mol. The van der Waals surface area contributed by atoms with Gasteiger partial charge in [0.25, 0.3) is 0 Å². The van der Waals surface area contributed by atoms with Gasteiger partial charge in [0.15, 0.2) is 5.65 Å². The van der Waals surface area contributed by atoms with Crippen LogP contribution in [0.25, 0.3) is 11.2 Å². The first kappa shape index (κ1) is 16.1. The van der Waals surface area contributed by atoms with Crippen molar-refractivity contribution in [3.8, 4) is 0 Å². The van der Waals surface area contributed by atoms with Crippen LogP contribution in [-0.2, 0) is 16.4 Å². The molecule has 1 aromatic carbocycles. The Labute approximate surface area is 139 Å². The molecule has 0 saturated heterocycles. The molecule has 0 unspecified atom stereocenters. The van der Waals surface area contributed by atoms with Crippen LogP contribution in [0.1, 0.15) is 5.56 Å². The molecule has 3 aromatic rings. The number of fused-ring (bicyclic) bond motifs is 1. The van der Waals surface area contributed by atoms with Gasteiger partial charge in [-0.1, -0.05) is 12.1 Å². The Bertz CT molecular complexity index is 973.